The summed E-state index contributed by atoms with van der Waals surface area (Å²) in [4.78, 5) is 11.4. The van der Waals surface area contributed by atoms with Gasteiger partial charge in [0.2, 0.25) is 0 Å². The van der Waals surface area contributed by atoms with Crippen LogP contribution in [0.4, 0.5) is 0 Å². The lowest BCUT2D eigenvalue weighted by molar-refractivity contribution is -0.143. The quantitative estimate of drug-likeness (QED) is 0.381. The molecule has 2 heteroatoms. The SMILES string of the molecule is C=CC(CC1CCC1CCC)OC(=O)C(=C)C. The van der Waals surface area contributed by atoms with Crippen LogP contribution in [-0.4, -0.2) is 12.1 Å². The Kier molecular flexibility index (Phi) is 5.46. The van der Waals surface area contributed by atoms with Crippen LogP contribution in [0.1, 0.15) is 46.0 Å². The molecule has 96 valence electrons. The highest BCUT2D eigenvalue weighted by Gasteiger charge is 2.32. The number of rotatable bonds is 7. The van der Waals surface area contributed by atoms with Gasteiger partial charge in [-0.2, -0.15) is 0 Å². The topological polar surface area (TPSA) is 26.3 Å². The van der Waals surface area contributed by atoms with Gasteiger partial charge in [-0.05, 0) is 38.0 Å². The van der Waals surface area contributed by atoms with Crippen LogP contribution in [0.3, 0.4) is 0 Å². The van der Waals surface area contributed by atoms with E-state index in [1.807, 2.05) is 0 Å². The predicted molar refractivity (Wildman–Crippen MR) is 70.6 cm³/mol. The number of carbonyl (C=O) groups is 1. The molecular weight excluding hydrogens is 212 g/mol. The van der Waals surface area contributed by atoms with E-state index in [1.165, 1.54) is 25.7 Å². The summed E-state index contributed by atoms with van der Waals surface area (Å²) in [6.07, 6.45) is 7.64. The number of esters is 1. The molecule has 0 heterocycles. The minimum absolute atomic E-state index is 0.149. The second-order valence-electron chi connectivity index (χ2n) is 5.08. The molecule has 1 aliphatic carbocycles. The Morgan fingerprint density at radius 1 is 1.47 bits per heavy atom. The van der Waals surface area contributed by atoms with E-state index in [9.17, 15) is 4.79 Å². The van der Waals surface area contributed by atoms with Crippen molar-refractivity contribution >= 4 is 5.97 Å². The Morgan fingerprint density at radius 3 is 2.53 bits per heavy atom. The third-order valence-electron chi connectivity index (χ3n) is 3.64. The molecule has 0 aromatic rings. The minimum Gasteiger partial charge on any atom is -0.455 e. The molecule has 0 bridgehead atoms. The summed E-state index contributed by atoms with van der Waals surface area (Å²) in [6.45, 7) is 11.2. The fourth-order valence-corrected chi connectivity index (χ4v) is 2.43. The van der Waals surface area contributed by atoms with Crippen LogP contribution in [0.2, 0.25) is 0 Å². The van der Waals surface area contributed by atoms with E-state index in [1.54, 1.807) is 13.0 Å². The van der Waals surface area contributed by atoms with E-state index in [2.05, 4.69) is 20.1 Å². The molecule has 0 saturated heterocycles. The molecule has 3 unspecified atom stereocenters. The summed E-state index contributed by atoms with van der Waals surface area (Å²) < 4.78 is 5.34. The largest absolute Gasteiger partial charge is 0.455 e. The first-order valence-electron chi connectivity index (χ1n) is 6.57. The second-order valence-corrected chi connectivity index (χ2v) is 5.08. The van der Waals surface area contributed by atoms with Crippen LogP contribution in [0.25, 0.3) is 0 Å². The molecule has 0 aromatic heterocycles. The van der Waals surface area contributed by atoms with Crippen molar-refractivity contribution in [2.24, 2.45) is 11.8 Å². The summed E-state index contributed by atoms with van der Waals surface area (Å²) in [7, 11) is 0. The highest BCUT2D eigenvalue weighted by molar-refractivity contribution is 5.87. The van der Waals surface area contributed by atoms with Crippen molar-refractivity contribution in [3.05, 3.63) is 24.8 Å². The highest BCUT2D eigenvalue weighted by Crippen LogP contribution is 2.40. The molecule has 2 nitrogen and oxygen atoms in total. The summed E-state index contributed by atoms with van der Waals surface area (Å²) in [5.41, 5.74) is 0.454. The Hall–Kier alpha value is -1.05. The molecule has 0 N–H and O–H groups in total. The van der Waals surface area contributed by atoms with Crippen LogP contribution < -0.4 is 0 Å². The maximum absolute atomic E-state index is 11.4. The maximum atomic E-state index is 11.4. The molecule has 0 aliphatic heterocycles. The van der Waals surface area contributed by atoms with E-state index in [0.29, 0.717) is 11.5 Å². The van der Waals surface area contributed by atoms with Gasteiger partial charge in [0.1, 0.15) is 6.10 Å². The van der Waals surface area contributed by atoms with Gasteiger partial charge in [-0.15, -0.1) is 0 Å². The first-order valence-corrected chi connectivity index (χ1v) is 6.57. The van der Waals surface area contributed by atoms with E-state index < -0.39 is 0 Å². The van der Waals surface area contributed by atoms with Crippen LogP contribution >= 0.6 is 0 Å². The fourth-order valence-electron chi connectivity index (χ4n) is 2.43. The van der Waals surface area contributed by atoms with Gasteiger partial charge in [0, 0.05) is 5.57 Å². The van der Waals surface area contributed by atoms with E-state index in [4.69, 9.17) is 4.74 Å². The molecule has 0 amide bonds. The van der Waals surface area contributed by atoms with Gasteiger partial charge in [-0.1, -0.05) is 39.0 Å². The third-order valence-corrected chi connectivity index (χ3v) is 3.64. The van der Waals surface area contributed by atoms with Gasteiger partial charge in [-0.25, -0.2) is 4.79 Å². The molecule has 0 radical (unpaired) electrons. The molecule has 0 aromatic carbocycles. The molecule has 1 saturated carbocycles. The monoisotopic (exact) mass is 236 g/mol. The number of hydrogen-bond acceptors (Lipinski definition) is 2. The maximum Gasteiger partial charge on any atom is 0.333 e. The first kappa shape index (κ1) is 14.0. The average molecular weight is 236 g/mol. The van der Waals surface area contributed by atoms with Gasteiger partial charge in [0.05, 0.1) is 0 Å². The highest BCUT2D eigenvalue weighted by atomic mass is 16.5. The van der Waals surface area contributed by atoms with Crippen molar-refractivity contribution in [2.45, 2.75) is 52.1 Å². The van der Waals surface area contributed by atoms with Gasteiger partial charge in [0.25, 0.3) is 0 Å². The van der Waals surface area contributed by atoms with Crippen LogP contribution in [0.15, 0.2) is 24.8 Å². The van der Waals surface area contributed by atoms with E-state index in [-0.39, 0.29) is 12.1 Å². The summed E-state index contributed by atoms with van der Waals surface area (Å²) in [5, 5.41) is 0. The van der Waals surface area contributed by atoms with Crippen molar-refractivity contribution < 1.29 is 9.53 Å². The molecule has 1 aliphatic rings. The Morgan fingerprint density at radius 2 is 2.12 bits per heavy atom. The van der Waals surface area contributed by atoms with Crippen molar-refractivity contribution in [1.29, 1.82) is 0 Å². The molecule has 1 rings (SSSR count). The lowest BCUT2D eigenvalue weighted by atomic mass is 9.69. The normalized spacial score (nSPS) is 24.6. The Bertz CT molecular complexity index is 293. The van der Waals surface area contributed by atoms with Gasteiger partial charge in [-0.3, -0.25) is 0 Å². The predicted octanol–water partition coefficient (Wildman–Crippen LogP) is 3.88. The second kappa shape index (κ2) is 6.63. The van der Waals surface area contributed by atoms with Crippen molar-refractivity contribution in [2.75, 3.05) is 0 Å². The molecule has 3 atom stereocenters. The first-order chi connectivity index (χ1) is 8.08. The van der Waals surface area contributed by atoms with Crippen LogP contribution in [0.5, 0.6) is 0 Å². The van der Waals surface area contributed by atoms with Gasteiger partial charge >= 0.3 is 5.97 Å². The van der Waals surface area contributed by atoms with Crippen molar-refractivity contribution in [3.63, 3.8) is 0 Å². The smallest absolute Gasteiger partial charge is 0.333 e. The number of hydrogen-bond donors (Lipinski definition) is 0. The number of ether oxygens (including phenoxy) is 1. The molecular formula is C15H24O2. The Balaban J connectivity index is 2.39. The van der Waals surface area contributed by atoms with Crippen LogP contribution in [-0.2, 0) is 9.53 Å². The standard InChI is InChI=1S/C15H24O2/c1-5-7-12-8-9-13(12)10-14(6-2)17-15(16)11(3)4/h6,12-14H,2-3,5,7-10H2,1,4H3. The van der Waals surface area contributed by atoms with Crippen molar-refractivity contribution in [3.8, 4) is 0 Å². The molecule has 1 fully saturated rings. The van der Waals surface area contributed by atoms with Crippen molar-refractivity contribution in [1.82, 2.24) is 0 Å². The van der Waals surface area contributed by atoms with Gasteiger partial charge in [0.15, 0.2) is 0 Å². The average Bonchev–Trinajstić information content (AvgIpc) is 2.29. The third kappa shape index (κ3) is 4.03. The lowest BCUT2D eigenvalue weighted by Gasteiger charge is -2.38. The summed E-state index contributed by atoms with van der Waals surface area (Å²) >= 11 is 0. The van der Waals surface area contributed by atoms with Gasteiger partial charge < -0.3 is 4.74 Å². The van der Waals surface area contributed by atoms with E-state index in [0.717, 1.165) is 12.3 Å². The summed E-state index contributed by atoms with van der Waals surface area (Å²) in [5.74, 6) is 1.23. The Labute approximate surface area is 105 Å². The fraction of sp³-hybridized carbons (Fsp3) is 0.667. The zero-order valence-electron chi connectivity index (χ0n) is 11.1. The van der Waals surface area contributed by atoms with Crippen LogP contribution in [0, 0.1) is 11.8 Å². The molecule has 17 heavy (non-hydrogen) atoms. The lowest BCUT2D eigenvalue weighted by Crippen LogP contribution is -2.30. The van der Waals surface area contributed by atoms with E-state index >= 15 is 0 Å². The number of carbonyl (C=O) groups excluding carboxylic acids is 1. The molecule has 0 spiro atoms. The zero-order chi connectivity index (χ0) is 12.8. The zero-order valence-corrected chi connectivity index (χ0v) is 11.1. The minimum atomic E-state index is -0.304. The summed E-state index contributed by atoms with van der Waals surface area (Å²) in [6, 6.07) is 0.